The van der Waals surface area contributed by atoms with Gasteiger partial charge >= 0.3 is 0 Å². The summed E-state index contributed by atoms with van der Waals surface area (Å²) in [5.41, 5.74) is 2.07. The van der Waals surface area contributed by atoms with E-state index in [0.29, 0.717) is 54.1 Å². The molecular formula is C28H32ClFN4O4. The number of hydrogen-bond donors (Lipinski definition) is 2. The van der Waals surface area contributed by atoms with Gasteiger partial charge in [-0.15, -0.1) is 0 Å². The number of halogens is 2. The fourth-order valence-corrected chi connectivity index (χ4v) is 4.36. The number of benzene rings is 2. The number of nitrogens with zero attached hydrogens (tertiary/aromatic N) is 4. The zero-order valence-corrected chi connectivity index (χ0v) is 22.6. The molecule has 1 aromatic heterocycles. The van der Waals surface area contributed by atoms with E-state index in [1.807, 2.05) is 32.8 Å². The van der Waals surface area contributed by atoms with Crippen LogP contribution in [0.2, 0.25) is 5.02 Å². The lowest BCUT2D eigenvalue weighted by Crippen LogP contribution is -2.23. The molecule has 1 saturated heterocycles. The third-order valence-electron chi connectivity index (χ3n) is 5.93. The van der Waals surface area contributed by atoms with E-state index < -0.39 is 5.82 Å². The maximum atomic E-state index is 14.7. The fourth-order valence-electron chi connectivity index (χ4n) is 4.08. The minimum absolute atomic E-state index is 0.116. The molecule has 202 valence electrons. The van der Waals surface area contributed by atoms with Crippen molar-refractivity contribution in [3.05, 3.63) is 71.9 Å². The van der Waals surface area contributed by atoms with Gasteiger partial charge in [0.15, 0.2) is 0 Å². The van der Waals surface area contributed by atoms with Crippen molar-refractivity contribution in [1.82, 2.24) is 9.88 Å². The number of amides is 1. The number of aromatic nitrogens is 1. The van der Waals surface area contributed by atoms with Gasteiger partial charge in [-0.2, -0.15) is 0 Å². The lowest BCUT2D eigenvalue weighted by molar-refractivity contribution is -0.272. The molecule has 2 heterocycles. The monoisotopic (exact) mass is 542 g/mol. The smallest absolute Gasteiger partial charge is 0.218 e. The van der Waals surface area contributed by atoms with Crippen LogP contribution in [-0.4, -0.2) is 59.9 Å². The van der Waals surface area contributed by atoms with E-state index >= 15 is 0 Å². The van der Waals surface area contributed by atoms with Crippen LogP contribution >= 0.6 is 11.6 Å². The van der Waals surface area contributed by atoms with Crippen molar-refractivity contribution in [3.63, 3.8) is 0 Å². The Morgan fingerprint density at radius 2 is 1.79 bits per heavy atom. The second kappa shape index (κ2) is 13.2. The van der Waals surface area contributed by atoms with E-state index in [1.54, 1.807) is 53.8 Å². The molecular weight excluding hydrogens is 511 g/mol. The van der Waals surface area contributed by atoms with E-state index in [1.165, 1.54) is 17.0 Å². The number of pyridine rings is 1. The van der Waals surface area contributed by atoms with E-state index in [0.717, 1.165) is 0 Å². The third kappa shape index (κ3) is 6.61. The van der Waals surface area contributed by atoms with Crippen LogP contribution in [0.4, 0.5) is 15.9 Å². The zero-order chi connectivity index (χ0) is 27.8. The highest BCUT2D eigenvalue weighted by Gasteiger charge is 2.25. The highest BCUT2D eigenvalue weighted by atomic mass is 35.5. The Labute approximate surface area is 227 Å². The van der Waals surface area contributed by atoms with Crippen molar-refractivity contribution in [2.24, 2.45) is 0 Å². The lowest BCUT2D eigenvalue weighted by Gasteiger charge is -2.19. The van der Waals surface area contributed by atoms with Crippen LogP contribution in [0.1, 0.15) is 20.3 Å². The minimum atomic E-state index is -0.533. The van der Waals surface area contributed by atoms with Gasteiger partial charge in [0.1, 0.15) is 23.5 Å². The summed E-state index contributed by atoms with van der Waals surface area (Å²) >= 11 is 6.47. The van der Waals surface area contributed by atoms with Gasteiger partial charge in [0.2, 0.25) is 6.41 Å². The molecule has 8 nitrogen and oxygen atoms in total. The van der Waals surface area contributed by atoms with Gasteiger partial charge in [-0.25, -0.2) is 14.3 Å². The van der Waals surface area contributed by atoms with E-state index in [-0.39, 0.29) is 22.4 Å². The SMILES string of the molecule is CC.CN(C)/C=C\N(C=O)c1ccc(-c2cc(F)cc(-c3ccnc(N4CCC(OO)C4)c3)c2O)cc1Cl. The number of hydrogen-bond acceptors (Lipinski definition) is 7. The number of aromatic hydroxyl groups is 1. The van der Waals surface area contributed by atoms with Gasteiger partial charge in [-0.05, 0) is 53.9 Å². The molecule has 1 aliphatic rings. The van der Waals surface area contributed by atoms with Gasteiger partial charge in [0, 0.05) is 56.9 Å². The van der Waals surface area contributed by atoms with Crippen molar-refractivity contribution in [2.75, 3.05) is 37.0 Å². The molecule has 2 N–H and O–H groups in total. The number of carbonyl (C=O) groups excluding carboxylic acids is 1. The number of carbonyl (C=O) groups is 1. The summed E-state index contributed by atoms with van der Waals surface area (Å²) in [6, 6.07) is 10.8. The largest absolute Gasteiger partial charge is 0.507 e. The first-order chi connectivity index (χ1) is 18.3. The molecule has 0 spiro atoms. The van der Waals surface area contributed by atoms with Crippen LogP contribution in [0, 0.1) is 5.82 Å². The highest BCUT2D eigenvalue weighted by molar-refractivity contribution is 6.34. The van der Waals surface area contributed by atoms with Gasteiger partial charge in [-0.1, -0.05) is 31.5 Å². The van der Waals surface area contributed by atoms with Gasteiger partial charge in [0.05, 0.1) is 10.7 Å². The molecule has 0 bridgehead atoms. The fraction of sp³-hybridized carbons (Fsp3) is 0.286. The molecule has 0 aliphatic carbocycles. The quantitative estimate of drug-likeness (QED) is 0.205. The topological polar surface area (TPSA) is 89.4 Å². The molecule has 3 aromatic rings. The summed E-state index contributed by atoms with van der Waals surface area (Å²) in [5, 5.41) is 20.3. The summed E-state index contributed by atoms with van der Waals surface area (Å²) < 4.78 is 14.7. The number of anilines is 2. The Balaban J connectivity index is 0.00000195. The predicted octanol–water partition coefficient (Wildman–Crippen LogP) is 6.00. The Morgan fingerprint density at radius 3 is 2.37 bits per heavy atom. The number of phenols is 1. The Hall–Kier alpha value is -3.66. The zero-order valence-electron chi connectivity index (χ0n) is 21.8. The molecule has 1 fully saturated rings. The molecule has 1 unspecified atom stereocenters. The first-order valence-corrected chi connectivity index (χ1v) is 12.6. The molecule has 0 radical (unpaired) electrons. The Morgan fingerprint density at radius 1 is 1.11 bits per heavy atom. The molecule has 4 rings (SSSR count). The van der Waals surface area contributed by atoms with Crippen LogP contribution in [0.25, 0.3) is 22.3 Å². The highest BCUT2D eigenvalue weighted by Crippen LogP contribution is 2.41. The lowest BCUT2D eigenvalue weighted by atomic mass is 9.97. The summed E-state index contributed by atoms with van der Waals surface area (Å²) in [6.45, 7) is 5.12. The Bertz CT molecular complexity index is 1290. The average Bonchev–Trinajstić information content (AvgIpc) is 3.41. The Kier molecular flexibility index (Phi) is 10.1. The van der Waals surface area contributed by atoms with Gasteiger partial charge in [0.25, 0.3) is 0 Å². The standard InChI is InChI=1S/C26H26ClFN4O4.C2H6/c1-30(2)9-10-32(16-33)24-4-3-17(11-23(24)27)21-13-19(28)14-22(26(21)34)18-5-7-29-25(12-18)31-8-6-20(15-31)36-35;1-2/h3-5,7,9-14,16,20,34-35H,6,8,15H2,1-2H3;1-2H3/b10-9-;. The van der Waals surface area contributed by atoms with E-state index in [2.05, 4.69) is 9.87 Å². The normalized spacial score (nSPS) is 14.8. The maximum absolute atomic E-state index is 14.7. The van der Waals surface area contributed by atoms with Crippen molar-refractivity contribution < 1.29 is 24.4 Å². The van der Waals surface area contributed by atoms with Crippen LogP contribution < -0.4 is 9.80 Å². The summed E-state index contributed by atoms with van der Waals surface area (Å²) in [4.78, 5) is 25.4. The van der Waals surface area contributed by atoms with Gasteiger partial charge in [-0.3, -0.25) is 15.0 Å². The number of rotatable bonds is 8. The molecule has 1 atom stereocenters. The predicted molar refractivity (Wildman–Crippen MR) is 149 cm³/mol. The molecule has 1 amide bonds. The summed E-state index contributed by atoms with van der Waals surface area (Å²) in [7, 11) is 3.65. The molecule has 2 aromatic carbocycles. The molecule has 0 saturated carbocycles. The minimum Gasteiger partial charge on any atom is -0.507 e. The van der Waals surface area contributed by atoms with Crippen LogP contribution in [-0.2, 0) is 9.68 Å². The van der Waals surface area contributed by atoms with E-state index in [4.69, 9.17) is 16.9 Å². The number of phenolic OH excluding ortho intramolecular Hbond substituents is 1. The van der Waals surface area contributed by atoms with Crippen LogP contribution in [0.5, 0.6) is 5.75 Å². The summed E-state index contributed by atoms with van der Waals surface area (Å²) in [5.74, 6) is -0.0193. The van der Waals surface area contributed by atoms with Crippen molar-refractivity contribution in [1.29, 1.82) is 0 Å². The first-order valence-electron chi connectivity index (χ1n) is 12.2. The van der Waals surface area contributed by atoms with Gasteiger partial charge < -0.3 is 14.9 Å². The molecule has 38 heavy (non-hydrogen) atoms. The van der Waals surface area contributed by atoms with Crippen molar-refractivity contribution >= 4 is 29.5 Å². The van der Waals surface area contributed by atoms with E-state index in [9.17, 15) is 14.3 Å². The molecule has 1 aliphatic heterocycles. The maximum Gasteiger partial charge on any atom is 0.218 e. The van der Waals surface area contributed by atoms with Crippen LogP contribution in [0.3, 0.4) is 0 Å². The molecule has 10 heteroatoms. The average molecular weight is 543 g/mol. The third-order valence-corrected chi connectivity index (χ3v) is 6.23. The van der Waals surface area contributed by atoms with Crippen LogP contribution in [0.15, 0.2) is 61.1 Å². The second-order valence-corrected chi connectivity index (χ2v) is 9.06. The second-order valence-electron chi connectivity index (χ2n) is 8.65. The van der Waals surface area contributed by atoms with Crippen molar-refractivity contribution in [3.8, 4) is 28.0 Å². The first kappa shape index (κ1) is 28.9. The summed E-state index contributed by atoms with van der Waals surface area (Å²) in [6.07, 6.45) is 5.84. The van der Waals surface area contributed by atoms with Crippen molar-refractivity contribution in [2.45, 2.75) is 26.4 Å².